The second-order valence-electron chi connectivity index (χ2n) is 5.39. The van der Waals surface area contributed by atoms with Gasteiger partial charge in [-0.2, -0.15) is 0 Å². The Hall–Kier alpha value is -1.57. The van der Waals surface area contributed by atoms with Crippen molar-refractivity contribution < 1.29 is 18.7 Å². The topological polar surface area (TPSA) is 62.8 Å². The van der Waals surface area contributed by atoms with Crippen molar-refractivity contribution in [1.82, 2.24) is 15.5 Å². The van der Waals surface area contributed by atoms with E-state index in [4.69, 9.17) is 9.47 Å². The van der Waals surface area contributed by atoms with Gasteiger partial charge in [0.1, 0.15) is 5.82 Å². The zero-order valence-corrected chi connectivity index (χ0v) is 14.9. The van der Waals surface area contributed by atoms with E-state index in [1.807, 2.05) is 0 Å². The van der Waals surface area contributed by atoms with Crippen molar-refractivity contribution in [3.05, 3.63) is 23.5 Å². The molecule has 1 amide bonds. The van der Waals surface area contributed by atoms with E-state index in [9.17, 15) is 9.18 Å². The Kier molecular flexibility index (Phi) is 8.81. The molecule has 1 aromatic carbocycles. The predicted octanol–water partition coefficient (Wildman–Crippen LogP) is 1.29. The number of hydrogen-bond donors (Lipinski definition) is 2. The van der Waals surface area contributed by atoms with Crippen LogP contribution in [0.1, 0.15) is 16.8 Å². The minimum absolute atomic E-state index is 0. The van der Waals surface area contributed by atoms with E-state index >= 15 is 0 Å². The highest BCUT2D eigenvalue weighted by molar-refractivity contribution is 5.95. The molecule has 1 fully saturated rings. The number of nitrogens with zero attached hydrogens (tertiary/aromatic N) is 1. The number of ether oxygens (including phenoxy) is 2. The minimum atomic E-state index is -0.623. The zero-order chi connectivity index (χ0) is 16.7. The number of halogens is 2. The molecule has 1 aliphatic heterocycles. The third kappa shape index (κ3) is 5.51. The summed E-state index contributed by atoms with van der Waals surface area (Å²) in [5.41, 5.74) is -0.0372. The SMILES string of the molecule is COc1cc(F)c(C(=O)NCCCN2CCNCC2)cc1OC.Cl. The highest BCUT2D eigenvalue weighted by Gasteiger charge is 2.17. The van der Waals surface area contributed by atoms with Crippen molar-refractivity contribution in [3.63, 3.8) is 0 Å². The molecular weight excluding hydrogens is 337 g/mol. The molecule has 2 N–H and O–H groups in total. The molecule has 24 heavy (non-hydrogen) atoms. The standard InChI is InChI=1S/C16H24FN3O3.ClH/c1-22-14-10-12(13(17)11-15(14)23-2)16(21)19-4-3-7-20-8-5-18-6-9-20;/h10-11,18H,3-9H2,1-2H3,(H,19,21);1H. The zero-order valence-electron chi connectivity index (χ0n) is 14.1. The molecule has 6 nitrogen and oxygen atoms in total. The second-order valence-corrected chi connectivity index (χ2v) is 5.39. The molecule has 0 unspecified atom stereocenters. The molecule has 0 spiro atoms. The highest BCUT2D eigenvalue weighted by atomic mass is 35.5. The number of rotatable bonds is 7. The Morgan fingerprint density at radius 3 is 2.50 bits per heavy atom. The Morgan fingerprint density at radius 2 is 1.88 bits per heavy atom. The summed E-state index contributed by atoms with van der Waals surface area (Å²) in [6.45, 7) is 5.50. The Bertz CT molecular complexity index is 540. The van der Waals surface area contributed by atoms with Crippen molar-refractivity contribution in [2.75, 3.05) is 53.5 Å². The quantitative estimate of drug-likeness (QED) is 0.717. The summed E-state index contributed by atoms with van der Waals surface area (Å²) in [7, 11) is 2.87. The second kappa shape index (κ2) is 10.3. The predicted molar refractivity (Wildman–Crippen MR) is 93.0 cm³/mol. The monoisotopic (exact) mass is 361 g/mol. The van der Waals surface area contributed by atoms with Gasteiger partial charge in [-0.25, -0.2) is 4.39 Å². The number of carbonyl (C=O) groups is 1. The number of benzene rings is 1. The van der Waals surface area contributed by atoms with Crippen molar-refractivity contribution in [2.45, 2.75) is 6.42 Å². The molecule has 0 aliphatic carbocycles. The fourth-order valence-electron chi connectivity index (χ4n) is 2.56. The number of amides is 1. The lowest BCUT2D eigenvalue weighted by molar-refractivity contribution is 0.0946. The lowest BCUT2D eigenvalue weighted by Crippen LogP contribution is -2.44. The van der Waals surface area contributed by atoms with E-state index in [1.165, 1.54) is 20.3 Å². The van der Waals surface area contributed by atoms with Crippen LogP contribution >= 0.6 is 12.4 Å². The molecular formula is C16H25ClFN3O3. The van der Waals surface area contributed by atoms with Crippen molar-refractivity contribution in [3.8, 4) is 11.5 Å². The van der Waals surface area contributed by atoms with Crippen LogP contribution in [0, 0.1) is 5.82 Å². The third-order valence-electron chi connectivity index (χ3n) is 3.86. The van der Waals surface area contributed by atoms with Crippen LogP contribution in [0.25, 0.3) is 0 Å². The Labute approximate surface area is 148 Å². The molecule has 0 bridgehead atoms. The van der Waals surface area contributed by atoms with Gasteiger partial charge in [0.05, 0.1) is 19.8 Å². The van der Waals surface area contributed by atoms with Crippen LogP contribution in [-0.2, 0) is 0 Å². The van der Waals surface area contributed by atoms with E-state index < -0.39 is 11.7 Å². The summed E-state index contributed by atoms with van der Waals surface area (Å²) in [6.07, 6.45) is 0.834. The average molecular weight is 362 g/mol. The largest absolute Gasteiger partial charge is 0.493 e. The lowest BCUT2D eigenvalue weighted by Gasteiger charge is -2.27. The molecule has 0 saturated carbocycles. The molecule has 1 saturated heterocycles. The van der Waals surface area contributed by atoms with Gasteiger partial charge in [0.25, 0.3) is 5.91 Å². The van der Waals surface area contributed by atoms with Crippen molar-refractivity contribution in [1.29, 1.82) is 0 Å². The fourth-order valence-corrected chi connectivity index (χ4v) is 2.56. The van der Waals surface area contributed by atoms with E-state index in [0.717, 1.165) is 45.2 Å². The van der Waals surface area contributed by atoms with E-state index in [1.54, 1.807) is 0 Å². The molecule has 1 aromatic rings. The maximum absolute atomic E-state index is 14.0. The summed E-state index contributed by atoms with van der Waals surface area (Å²) in [6, 6.07) is 2.52. The Balaban J connectivity index is 0.00000288. The van der Waals surface area contributed by atoms with E-state index in [2.05, 4.69) is 15.5 Å². The van der Waals surface area contributed by atoms with E-state index in [-0.39, 0.29) is 23.7 Å². The van der Waals surface area contributed by atoms with Crippen molar-refractivity contribution >= 4 is 18.3 Å². The first kappa shape index (κ1) is 20.5. The number of piperazine rings is 1. The van der Waals surface area contributed by atoms with Gasteiger partial charge in [-0.3, -0.25) is 4.79 Å². The first-order chi connectivity index (χ1) is 11.2. The molecule has 0 aromatic heterocycles. The Morgan fingerprint density at radius 1 is 1.25 bits per heavy atom. The van der Waals surface area contributed by atoms with Crippen LogP contribution in [0.4, 0.5) is 4.39 Å². The molecule has 2 rings (SSSR count). The van der Waals surface area contributed by atoms with Gasteiger partial charge in [0.2, 0.25) is 0 Å². The smallest absolute Gasteiger partial charge is 0.254 e. The van der Waals surface area contributed by atoms with Gasteiger partial charge < -0.3 is 25.0 Å². The summed E-state index contributed by atoms with van der Waals surface area (Å²) in [5.74, 6) is -0.467. The molecule has 0 radical (unpaired) electrons. The maximum Gasteiger partial charge on any atom is 0.254 e. The average Bonchev–Trinajstić information content (AvgIpc) is 2.59. The van der Waals surface area contributed by atoms with Crippen LogP contribution in [0.5, 0.6) is 11.5 Å². The van der Waals surface area contributed by atoms with Gasteiger partial charge in [-0.05, 0) is 19.0 Å². The molecule has 1 aliphatic rings. The number of methoxy groups -OCH3 is 2. The van der Waals surface area contributed by atoms with Gasteiger partial charge >= 0.3 is 0 Å². The van der Waals surface area contributed by atoms with Crippen LogP contribution in [0.15, 0.2) is 12.1 Å². The summed E-state index contributed by atoms with van der Waals surface area (Å²) >= 11 is 0. The summed E-state index contributed by atoms with van der Waals surface area (Å²) in [5, 5.41) is 6.05. The highest BCUT2D eigenvalue weighted by Crippen LogP contribution is 2.29. The van der Waals surface area contributed by atoms with Gasteiger partial charge in [0, 0.05) is 38.8 Å². The number of carbonyl (C=O) groups excluding carboxylic acids is 1. The molecule has 136 valence electrons. The van der Waals surface area contributed by atoms with Crippen LogP contribution in [0.2, 0.25) is 0 Å². The maximum atomic E-state index is 14.0. The van der Waals surface area contributed by atoms with Gasteiger partial charge in [-0.1, -0.05) is 0 Å². The van der Waals surface area contributed by atoms with Crippen molar-refractivity contribution in [2.24, 2.45) is 0 Å². The fraction of sp³-hybridized carbons (Fsp3) is 0.562. The van der Waals surface area contributed by atoms with Crippen LogP contribution in [0.3, 0.4) is 0 Å². The molecule has 8 heteroatoms. The van der Waals surface area contributed by atoms with Gasteiger partial charge in [0.15, 0.2) is 11.5 Å². The summed E-state index contributed by atoms with van der Waals surface area (Å²) < 4.78 is 24.1. The van der Waals surface area contributed by atoms with Gasteiger partial charge in [-0.15, -0.1) is 12.4 Å². The first-order valence-corrected chi connectivity index (χ1v) is 7.78. The van der Waals surface area contributed by atoms with Crippen LogP contribution < -0.4 is 20.1 Å². The number of nitrogens with one attached hydrogen (secondary N) is 2. The minimum Gasteiger partial charge on any atom is -0.493 e. The van der Waals surface area contributed by atoms with Crippen LogP contribution in [-0.4, -0.2) is 64.3 Å². The van der Waals surface area contributed by atoms with E-state index in [0.29, 0.717) is 12.3 Å². The number of hydrogen-bond acceptors (Lipinski definition) is 5. The molecule has 0 atom stereocenters. The lowest BCUT2D eigenvalue weighted by atomic mass is 10.1. The normalized spacial score (nSPS) is 14.6. The summed E-state index contributed by atoms with van der Waals surface area (Å²) in [4.78, 5) is 14.5. The first-order valence-electron chi connectivity index (χ1n) is 7.78. The molecule has 1 heterocycles. The third-order valence-corrected chi connectivity index (χ3v) is 3.86.